The second-order valence-corrected chi connectivity index (χ2v) is 10.8. The van der Waals surface area contributed by atoms with Crippen LogP contribution < -0.4 is 10.3 Å². The molecule has 1 heterocycles. The molecule has 0 radical (unpaired) electrons. The van der Waals surface area contributed by atoms with Crippen LogP contribution in [0, 0.1) is 0 Å². The molecule has 0 bridgehead atoms. The zero-order valence-electron chi connectivity index (χ0n) is 18.6. The first-order chi connectivity index (χ1) is 14.5. The Morgan fingerprint density at radius 3 is 2.52 bits per heavy atom. The fourth-order valence-corrected chi connectivity index (χ4v) is 3.87. The molecule has 7 nitrogen and oxygen atoms in total. The highest BCUT2D eigenvalue weighted by Gasteiger charge is 2.31. The third-order valence-electron chi connectivity index (χ3n) is 4.68. The lowest BCUT2D eigenvalue weighted by molar-refractivity contribution is -0.143. The van der Waals surface area contributed by atoms with Gasteiger partial charge in [-0.15, -0.1) is 4.72 Å². The molecule has 1 aromatic heterocycles. The topological polar surface area (TPSA) is 96.3 Å². The van der Waals surface area contributed by atoms with E-state index in [1.54, 1.807) is 19.1 Å². The van der Waals surface area contributed by atoms with Gasteiger partial charge in [0.1, 0.15) is 11.3 Å². The highest BCUT2D eigenvalue weighted by Crippen LogP contribution is 2.29. The van der Waals surface area contributed by atoms with Crippen molar-refractivity contribution in [2.75, 3.05) is 6.61 Å². The van der Waals surface area contributed by atoms with E-state index in [2.05, 4.69) is 9.71 Å². The minimum atomic E-state index is -1.28. The fourth-order valence-electron chi connectivity index (χ4n) is 2.90. The maximum Gasteiger partial charge on any atom is 0.326 e. The number of carbonyl (C=O) groups is 1. The van der Waals surface area contributed by atoms with Crippen molar-refractivity contribution in [1.82, 2.24) is 14.3 Å². The third kappa shape index (κ3) is 7.64. The highest BCUT2D eigenvalue weighted by molar-refractivity contribution is 7.90. The van der Waals surface area contributed by atoms with E-state index in [1.165, 1.54) is 17.0 Å². The summed E-state index contributed by atoms with van der Waals surface area (Å²) in [5.41, 5.74) is 1.23. The molecule has 0 aliphatic heterocycles. The molecule has 1 aromatic carbocycles. The van der Waals surface area contributed by atoms with Gasteiger partial charge in [-0.2, -0.15) is 0 Å². The van der Waals surface area contributed by atoms with E-state index in [1.807, 2.05) is 39.8 Å². The SMILES string of the molecule is CCOC(=O)Cn1cnc([C@@H](C)C[C@H](N[S+]([O-])C(C)(C)C)c2ccc(Cl)cc2)cc1=O. The molecular formula is C22H30ClN3O4S. The van der Waals surface area contributed by atoms with Gasteiger partial charge in [-0.25, -0.2) is 4.98 Å². The number of nitrogens with one attached hydrogen (secondary N) is 1. The number of hydrogen-bond donors (Lipinski definition) is 1. The number of rotatable bonds is 9. The van der Waals surface area contributed by atoms with Gasteiger partial charge in [-0.05, 0) is 51.8 Å². The van der Waals surface area contributed by atoms with Gasteiger partial charge in [-0.3, -0.25) is 14.2 Å². The Labute approximate surface area is 191 Å². The molecule has 0 aliphatic rings. The molecule has 0 amide bonds. The van der Waals surface area contributed by atoms with Crippen molar-refractivity contribution in [1.29, 1.82) is 0 Å². The van der Waals surface area contributed by atoms with Crippen LogP contribution in [0.15, 0.2) is 41.5 Å². The number of halogens is 1. The summed E-state index contributed by atoms with van der Waals surface area (Å²) in [7, 11) is 0. The maximum absolute atomic E-state index is 12.7. The van der Waals surface area contributed by atoms with Crippen LogP contribution in [0.5, 0.6) is 0 Å². The second kappa shape index (κ2) is 11.1. The number of hydrogen-bond acceptors (Lipinski definition) is 6. The number of benzene rings is 1. The lowest BCUT2D eigenvalue weighted by atomic mass is 9.94. The van der Waals surface area contributed by atoms with E-state index in [4.69, 9.17) is 16.3 Å². The molecule has 0 fully saturated rings. The average molecular weight is 468 g/mol. The van der Waals surface area contributed by atoms with E-state index < -0.39 is 22.1 Å². The van der Waals surface area contributed by atoms with Crippen LogP contribution in [0.3, 0.4) is 0 Å². The van der Waals surface area contributed by atoms with Crippen LogP contribution in [-0.2, 0) is 27.4 Å². The van der Waals surface area contributed by atoms with Crippen molar-refractivity contribution in [3.63, 3.8) is 0 Å². The third-order valence-corrected chi connectivity index (χ3v) is 6.54. The first kappa shape index (κ1) is 25.4. The molecule has 2 aromatic rings. The van der Waals surface area contributed by atoms with Crippen molar-refractivity contribution >= 4 is 28.9 Å². The summed E-state index contributed by atoms with van der Waals surface area (Å²) in [6.07, 6.45) is 1.93. The molecular weight excluding hydrogens is 438 g/mol. The normalized spacial score (nSPS) is 14.7. The summed E-state index contributed by atoms with van der Waals surface area (Å²) in [5.74, 6) is -0.584. The number of nitrogens with zero attached hydrogens (tertiary/aromatic N) is 2. The lowest BCUT2D eigenvalue weighted by Gasteiger charge is -2.29. The molecule has 170 valence electrons. The van der Waals surface area contributed by atoms with Gasteiger partial charge in [0, 0.05) is 28.4 Å². The summed E-state index contributed by atoms with van der Waals surface area (Å²) in [5, 5.41) is 0.624. The predicted molar refractivity (Wildman–Crippen MR) is 123 cm³/mol. The Hall–Kier alpha value is -1.87. The van der Waals surface area contributed by atoms with Crippen LogP contribution in [0.1, 0.15) is 64.3 Å². The molecule has 0 saturated heterocycles. The van der Waals surface area contributed by atoms with Crippen LogP contribution in [0.4, 0.5) is 0 Å². The Balaban J connectivity index is 2.21. The molecule has 0 aliphatic carbocycles. The van der Waals surface area contributed by atoms with Gasteiger partial charge in [0.05, 0.1) is 24.7 Å². The second-order valence-electron chi connectivity index (χ2n) is 8.32. The first-order valence-corrected chi connectivity index (χ1v) is 11.7. The highest BCUT2D eigenvalue weighted by atomic mass is 35.5. The molecule has 0 spiro atoms. The van der Waals surface area contributed by atoms with Gasteiger partial charge >= 0.3 is 5.97 Å². The van der Waals surface area contributed by atoms with Crippen molar-refractivity contribution < 1.29 is 14.1 Å². The van der Waals surface area contributed by atoms with Crippen LogP contribution >= 0.6 is 11.6 Å². The van der Waals surface area contributed by atoms with Gasteiger partial charge < -0.3 is 9.29 Å². The molecule has 3 atom stereocenters. The predicted octanol–water partition coefficient (Wildman–Crippen LogP) is 3.75. The van der Waals surface area contributed by atoms with Crippen molar-refractivity contribution in [3.05, 3.63) is 63.3 Å². The maximum atomic E-state index is 12.7. The zero-order valence-corrected chi connectivity index (χ0v) is 20.1. The van der Waals surface area contributed by atoms with Crippen LogP contribution in [-0.4, -0.2) is 31.4 Å². The largest absolute Gasteiger partial charge is 0.598 e. The van der Waals surface area contributed by atoms with Gasteiger partial charge in [0.2, 0.25) is 0 Å². The summed E-state index contributed by atoms with van der Waals surface area (Å²) >= 11 is 4.74. The fraction of sp³-hybridized carbons (Fsp3) is 0.500. The average Bonchev–Trinajstić information content (AvgIpc) is 2.69. The van der Waals surface area contributed by atoms with Crippen molar-refractivity contribution in [3.8, 4) is 0 Å². The number of carbonyl (C=O) groups excluding carboxylic acids is 1. The van der Waals surface area contributed by atoms with Gasteiger partial charge in [0.25, 0.3) is 5.56 Å². The van der Waals surface area contributed by atoms with Gasteiger partial charge in [-0.1, -0.05) is 30.7 Å². The van der Waals surface area contributed by atoms with E-state index in [9.17, 15) is 14.1 Å². The smallest absolute Gasteiger partial charge is 0.326 e. The number of esters is 1. The van der Waals surface area contributed by atoms with E-state index in [-0.39, 0.29) is 30.7 Å². The standard InChI is InChI=1S/C22H30ClN3O4S/c1-6-30-21(28)13-26-14-24-18(12-20(26)27)15(2)11-19(25-31(29)22(3,4)5)16-7-9-17(23)10-8-16/h7-10,12,14-15,19,25H,6,11,13H2,1-5H3/t15-,19-,31?/m0/s1. The number of ether oxygens (including phenoxy) is 1. The molecule has 2 rings (SSSR count). The first-order valence-electron chi connectivity index (χ1n) is 10.2. The molecule has 1 unspecified atom stereocenters. The molecule has 9 heteroatoms. The van der Waals surface area contributed by atoms with Crippen molar-refractivity contribution in [2.24, 2.45) is 0 Å². The Morgan fingerprint density at radius 1 is 1.32 bits per heavy atom. The number of aromatic nitrogens is 2. The summed E-state index contributed by atoms with van der Waals surface area (Å²) < 4.78 is 21.6. The Kier molecular flexibility index (Phi) is 9.12. The van der Waals surface area contributed by atoms with Crippen molar-refractivity contribution in [2.45, 2.75) is 64.3 Å². The van der Waals surface area contributed by atoms with Crippen LogP contribution in [0.2, 0.25) is 5.02 Å². The summed E-state index contributed by atoms with van der Waals surface area (Å²) in [6, 6.07) is 8.60. The van der Waals surface area contributed by atoms with E-state index >= 15 is 0 Å². The monoisotopic (exact) mass is 467 g/mol. The Bertz CT molecular complexity index is 928. The minimum Gasteiger partial charge on any atom is -0.598 e. The Morgan fingerprint density at radius 2 is 1.97 bits per heavy atom. The molecule has 0 saturated carbocycles. The molecule has 31 heavy (non-hydrogen) atoms. The summed E-state index contributed by atoms with van der Waals surface area (Å²) in [6.45, 7) is 9.47. The quantitative estimate of drug-likeness (QED) is 0.445. The zero-order chi connectivity index (χ0) is 23.2. The van der Waals surface area contributed by atoms with E-state index in [0.717, 1.165) is 5.56 Å². The molecule has 1 N–H and O–H groups in total. The van der Waals surface area contributed by atoms with Gasteiger partial charge in [0.15, 0.2) is 0 Å². The lowest BCUT2D eigenvalue weighted by Crippen LogP contribution is -2.41. The summed E-state index contributed by atoms with van der Waals surface area (Å²) in [4.78, 5) is 28.4. The minimum absolute atomic E-state index is 0.102. The van der Waals surface area contributed by atoms with E-state index in [0.29, 0.717) is 17.1 Å². The van der Waals surface area contributed by atoms with Crippen LogP contribution in [0.25, 0.3) is 0 Å².